The van der Waals surface area contributed by atoms with Gasteiger partial charge in [-0.05, 0) is 36.1 Å². The molecule has 0 bridgehead atoms. The molecule has 1 aromatic rings. The number of halogens is 1. The van der Waals surface area contributed by atoms with Crippen LogP contribution in [0.25, 0.3) is 0 Å². The second-order valence-corrected chi connectivity index (χ2v) is 5.50. The molecule has 92 valence electrons. The first kappa shape index (κ1) is 12.6. The fourth-order valence-electron chi connectivity index (χ4n) is 2.16. The molecule has 4 heteroatoms. The maximum absolute atomic E-state index is 11.8. The SMILES string of the molecule is CC(CN)C(=O)NC1CCc2cc(Br)ccc21. The molecule has 3 nitrogen and oxygen atoms in total. The van der Waals surface area contributed by atoms with Gasteiger partial charge in [0.1, 0.15) is 0 Å². The van der Waals surface area contributed by atoms with Crippen LogP contribution in [0.4, 0.5) is 0 Å². The molecule has 0 aliphatic heterocycles. The van der Waals surface area contributed by atoms with Gasteiger partial charge in [-0.15, -0.1) is 0 Å². The average Bonchev–Trinajstić information content (AvgIpc) is 2.70. The van der Waals surface area contributed by atoms with Crippen molar-refractivity contribution in [2.45, 2.75) is 25.8 Å². The van der Waals surface area contributed by atoms with E-state index in [1.807, 2.05) is 13.0 Å². The minimum atomic E-state index is -0.116. The average molecular weight is 297 g/mol. The third-order valence-electron chi connectivity index (χ3n) is 3.30. The van der Waals surface area contributed by atoms with Crippen LogP contribution in [-0.2, 0) is 11.2 Å². The first-order valence-electron chi connectivity index (χ1n) is 5.90. The minimum Gasteiger partial charge on any atom is -0.349 e. The number of nitrogens with two attached hydrogens (primary N) is 1. The highest BCUT2D eigenvalue weighted by atomic mass is 79.9. The number of hydrogen-bond donors (Lipinski definition) is 2. The molecule has 3 N–H and O–H groups in total. The van der Waals surface area contributed by atoms with Crippen molar-refractivity contribution in [3.8, 4) is 0 Å². The van der Waals surface area contributed by atoms with Crippen LogP contribution in [0, 0.1) is 5.92 Å². The van der Waals surface area contributed by atoms with Gasteiger partial charge in [-0.25, -0.2) is 0 Å². The van der Waals surface area contributed by atoms with Crippen molar-refractivity contribution in [2.24, 2.45) is 11.7 Å². The van der Waals surface area contributed by atoms with Crippen molar-refractivity contribution in [1.82, 2.24) is 5.32 Å². The van der Waals surface area contributed by atoms with E-state index in [1.165, 1.54) is 11.1 Å². The standard InChI is InChI=1S/C13H17BrN2O/c1-8(7-15)13(17)16-12-5-2-9-6-10(14)3-4-11(9)12/h3-4,6,8,12H,2,5,7,15H2,1H3,(H,16,17). The van der Waals surface area contributed by atoms with Gasteiger partial charge < -0.3 is 11.1 Å². The Balaban J connectivity index is 2.10. The largest absolute Gasteiger partial charge is 0.349 e. The first-order chi connectivity index (χ1) is 8.11. The summed E-state index contributed by atoms with van der Waals surface area (Å²) in [7, 11) is 0. The van der Waals surface area contributed by atoms with Gasteiger partial charge in [0.05, 0.1) is 6.04 Å². The van der Waals surface area contributed by atoms with Crippen LogP contribution in [0.5, 0.6) is 0 Å². The number of rotatable bonds is 3. The molecule has 0 spiro atoms. The summed E-state index contributed by atoms with van der Waals surface area (Å²) >= 11 is 3.47. The lowest BCUT2D eigenvalue weighted by molar-refractivity contribution is -0.124. The zero-order chi connectivity index (χ0) is 12.4. The second-order valence-electron chi connectivity index (χ2n) is 4.58. The van der Waals surface area contributed by atoms with Crippen LogP contribution < -0.4 is 11.1 Å². The molecular weight excluding hydrogens is 280 g/mol. The van der Waals surface area contributed by atoms with Crippen molar-refractivity contribution in [3.05, 3.63) is 33.8 Å². The summed E-state index contributed by atoms with van der Waals surface area (Å²) in [5, 5.41) is 3.07. The van der Waals surface area contributed by atoms with Crippen molar-refractivity contribution < 1.29 is 4.79 Å². The summed E-state index contributed by atoms with van der Waals surface area (Å²) in [5.74, 6) is -0.0669. The number of fused-ring (bicyclic) bond motifs is 1. The van der Waals surface area contributed by atoms with Crippen molar-refractivity contribution in [2.75, 3.05) is 6.54 Å². The lowest BCUT2D eigenvalue weighted by Crippen LogP contribution is -2.35. The number of carbonyl (C=O) groups excluding carboxylic acids is 1. The molecule has 0 fully saturated rings. The Labute approximate surface area is 110 Å². The first-order valence-corrected chi connectivity index (χ1v) is 6.70. The van der Waals surface area contributed by atoms with Crippen LogP contribution in [0.15, 0.2) is 22.7 Å². The summed E-state index contributed by atoms with van der Waals surface area (Å²) < 4.78 is 1.10. The van der Waals surface area contributed by atoms with Gasteiger partial charge in [0.25, 0.3) is 0 Å². The highest BCUT2D eigenvalue weighted by molar-refractivity contribution is 9.10. The number of benzene rings is 1. The third-order valence-corrected chi connectivity index (χ3v) is 3.79. The van der Waals surface area contributed by atoms with Gasteiger partial charge in [-0.3, -0.25) is 4.79 Å². The summed E-state index contributed by atoms with van der Waals surface area (Å²) in [6.45, 7) is 2.25. The second kappa shape index (κ2) is 5.19. The van der Waals surface area contributed by atoms with E-state index in [1.54, 1.807) is 0 Å². The van der Waals surface area contributed by atoms with E-state index in [2.05, 4.69) is 33.4 Å². The molecule has 1 aromatic carbocycles. The van der Waals surface area contributed by atoms with Crippen molar-refractivity contribution >= 4 is 21.8 Å². The van der Waals surface area contributed by atoms with Crippen LogP contribution in [-0.4, -0.2) is 12.5 Å². The van der Waals surface area contributed by atoms with Gasteiger partial charge in [-0.2, -0.15) is 0 Å². The Morgan fingerprint density at radius 2 is 2.41 bits per heavy atom. The fraction of sp³-hybridized carbons (Fsp3) is 0.462. The van der Waals surface area contributed by atoms with Crippen LogP contribution in [0.3, 0.4) is 0 Å². The van der Waals surface area contributed by atoms with E-state index in [4.69, 9.17) is 5.73 Å². The summed E-state index contributed by atoms with van der Waals surface area (Å²) in [5.41, 5.74) is 8.06. The zero-order valence-electron chi connectivity index (χ0n) is 9.87. The molecule has 1 aliphatic carbocycles. The molecule has 1 amide bonds. The predicted octanol–water partition coefficient (Wildman–Crippen LogP) is 2.15. The number of hydrogen-bond acceptors (Lipinski definition) is 2. The van der Waals surface area contributed by atoms with Crippen LogP contribution >= 0.6 is 15.9 Å². The predicted molar refractivity (Wildman–Crippen MR) is 71.6 cm³/mol. The van der Waals surface area contributed by atoms with E-state index in [0.29, 0.717) is 6.54 Å². The van der Waals surface area contributed by atoms with E-state index in [0.717, 1.165) is 17.3 Å². The molecule has 0 saturated carbocycles. The Bertz CT molecular complexity index is 433. The van der Waals surface area contributed by atoms with Gasteiger partial charge in [0, 0.05) is 16.9 Å². The smallest absolute Gasteiger partial charge is 0.224 e. The Hall–Kier alpha value is -0.870. The van der Waals surface area contributed by atoms with Gasteiger partial charge in [-0.1, -0.05) is 28.9 Å². The Morgan fingerprint density at radius 3 is 3.12 bits per heavy atom. The Kier molecular flexibility index (Phi) is 3.84. The monoisotopic (exact) mass is 296 g/mol. The number of aryl methyl sites for hydroxylation is 1. The minimum absolute atomic E-state index is 0.0493. The molecule has 0 radical (unpaired) electrons. The maximum atomic E-state index is 11.8. The molecular formula is C13H17BrN2O. The molecule has 2 unspecified atom stereocenters. The van der Waals surface area contributed by atoms with Crippen LogP contribution in [0.2, 0.25) is 0 Å². The molecule has 0 aromatic heterocycles. The maximum Gasteiger partial charge on any atom is 0.224 e. The topological polar surface area (TPSA) is 55.1 Å². The van der Waals surface area contributed by atoms with Crippen LogP contribution in [0.1, 0.15) is 30.5 Å². The van der Waals surface area contributed by atoms with E-state index in [9.17, 15) is 4.79 Å². The number of nitrogens with one attached hydrogen (secondary N) is 1. The van der Waals surface area contributed by atoms with E-state index >= 15 is 0 Å². The molecule has 2 atom stereocenters. The molecule has 0 heterocycles. The highest BCUT2D eigenvalue weighted by Gasteiger charge is 2.25. The fourth-order valence-corrected chi connectivity index (χ4v) is 2.57. The molecule has 0 saturated heterocycles. The Morgan fingerprint density at radius 1 is 1.65 bits per heavy atom. The molecule has 1 aliphatic rings. The quantitative estimate of drug-likeness (QED) is 0.898. The van der Waals surface area contributed by atoms with Gasteiger partial charge >= 0.3 is 0 Å². The number of carbonyl (C=O) groups is 1. The zero-order valence-corrected chi connectivity index (χ0v) is 11.5. The van der Waals surface area contributed by atoms with E-state index < -0.39 is 0 Å². The van der Waals surface area contributed by atoms with Crippen molar-refractivity contribution in [1.29, 1.82) is 0 Å². The summed E-state index contributed by atoms with van der Waals surface area (Å²) in [6.07, 6.45) is 2.01. The van der Waals surface area contributed by atoms with Gasteiger partial charge in [0.15, 0.2) is 0 Å². The lowest BCUT2D eigenvalue weighted by atomic mass is 10.1. The molecule has 2 rings (SSSR count). The summed E-state index contributed by atoms with van der Waals surface area (Å²) in [4.78, 5) is 11.8. The molecule has 17 heavy (non-hydrogen) atoms. The third kappa shape index (κ3) is 2.69. The van der Waals surface area contributed by atoms with E-state index in [-0.39, 0.29) is 17.9 Å². The lowest BCUT2D eigenvalue weighted by Gasteiger charge is -2.17. The van der Waals surface area contributed by atoms with Gasteiger partial charge in [0.2, 0.25) is 5.91 Å². The summed E-state index contributed by atoms with van der Waals surface area (Å²) in [6, 6.07) is 6.40. The van der Waals surface area contributed by atoms with Crippen molar-refractivity contribution in [3.63, 3.8) is 0 Å². The highest BCUT2D eigenvalue weighted by Crippen LogP contribution is 2.32. The number of amides is 1. The normalized spacial score (nSPS) is 19.8.